The van der Waals surface area contributed by atoms with Crippen molar-refractivity contribution in [1.82, 2.24) is 24.7 Å². The lowest BCUT2D eigenvalue weighted by molar-refractivity contribution is 0.0526. The third-order valence-electron chi connectivity index (χ3n) is 4.03. The van der Waals surface area contributed by atoms with Gasteiger partial charge in [-0.1, -0.05) is 5.16 Å². The van der Waals surface area contributed by atoms with Crippen LogP contribution in [0.15, 0.2) is 44.6 Å². The van der Waals surface area contributed by atoms with Gasteiger partial charge in [0.15, 0.2) is 0 Å². The summed E-state index contributed by atoms with van der Waals surface area (Å²) in [6.45, 7) is 3.43. The van der Waals surface area contributed by atoms with Gasteiger partial charge in [0.2, 0.25) is 17.4 Å². The van der Waals surface area contributed by atoms with Gasteiger partial charge in [-0.05, 0) is 26.0 Å². The highest BCUT2D eigenvalue weighted by Gasteiger charge is 2.24. The Labute approximate surface area is 157 Å². The molecule has 0 unspecified atom stereocenters. The van der Waals surface area contributed by atoms with E-state index in [0.717, 1.165) is 0 Å². The summed E-state index contributed by atoms with van der Waals surface area (Å²) in [4.78, 5) is 37.5. The van der Waals surface area contributed by atoms with Crippen LogP contribution in [0.25, 0.3) is 22.5 Å². The molecule has 0 saturated heterocycles. The summed E-state index contributed by atoms with van der Waals surface area (Å²) in [6.07, 6.45) is 4.55. The van der Waals surface area contributed by atoms with E-state index in [2.05, 4.69) is 20.1 Å². The maximum atomic E-state index is 12.9. The van der Waals surface area contributed by atoms with E-state index in [1.54, 1.807) is 38.4 Å². The lowest BCUT2D eigenvalue weighted by Gasteiger charge is -2.02. The summed E-state index contributed by atoms with van der Waals surface area (Å²) in [5.74, 6) is 0.205. The first kappa shape index (κ1) is 17.6. The first-order chi connectivity index (χ1) is 13.6. The van der Waals surface area contributed by atoms with Gasteiger partial charge in [0, 0.05) is 18.0 Å². The molecular weight excluding hydrogens is 366 g/mol. The van der Waals surface area contributed by atoms with Crippen molar-refractivity contribution in [3.63, 3.8) is 0 Å². The molecule has 4 aromatic rings. The molecule has 0 aromatic carbocycles. The molecule has 4 aromatic heterocycles. The van der Waals surface area contributed by atoms with E-state index in [1.165, 1.54) is 10.9 Å². The van der Waals surface area contributed by atoms with Crippen molar-refractivity contribution in [1.29, 1.82) is 0 Å². The standard InChI is InChI=1S/C18H15N5O5/c1-3-26-18(25)13-10(2)27-16-14(13)17(24)23(9-20-16)8-12-21-15(22-28-12)11-5-4-6-19-7-11/h4-7,9H,3,8H2,1-2H3. The Morgan fingerprint density at radius 2 is 2.21 bits per heavy atom. The van der Waals surface area contributed by atoms with E-state index in [-0.39, 0.29) is 41.5 Å². The third kappa shape index (κ3) is 3.04. The number of ether oxygens (including phenoxy) is 1. The van der Waals surface area contributed by atoms with Crippen molar-refractivity contribution in [3.05, 3.63) is 58.4 Å². The zero-order valence-corrected chi connectivity index (χ0v) is 15.1. The molecular formula is C18H15N5O5. The summed E-state index contributed by atoms with van der Waals surface area (Å²) in [6, 6.07) is 3.55. The van der Waals surface area contributed by atoms with Gasteiger partial charge in [0.25, 0.3) is 5.56 Å². The van der Waals surface area contributed by atoms with Crippen LogP contribution in [0, 0.1) is 6.92 Å². The predicted octanol–water partition coefficient (Wildman–Crippen LogP) is 1.97. The van der Waals surface area contributed by atoms with Crippen molar-refractivity contribution in [3.8, 4) is 11.4 Å². The molecule has 0 aliphatic carbocycles. The molecule has 0 spiro atoms. The minimum Gasteiger partial charge on any atom is -0.462 e. The number of hydrogen-bond acceptors (Lipinski definition) is 9. The lowest BCUT2D eigenvalue weighted by atomic mass is 10.2. The zero-order chi connectivity index (χ0) is 19.7. The molecule has 0 bridgehead atoms. The average molecular weight is 381 g/mol. The Kier molecular flexibility index (Phi) is 4.44. The molecule has 10 nitrogen and oxygen atoms in total. The van der Waals surface area contributed by atoms with E-state index in [9.17, 15) is 9.59 Å². The van der Waals surface area contributed by atoms with Crippen molar-refractivity contribution in [2.24, 2.45) is 0 Å². The van der Waals surface area contributed by atoms with Gasteiger partial charge in [-0.15, -0.1) is 0 Å². The summed E-state index contributed by atoms with van der Waals surface area (Å²) in [7, 11) is 0. The monoisotopic (exact) mass is 381 g/mol. The molecule has 28 heavy (non-hydrogen) atoms. The SMILES string of the molecule is CCOC(=O)c1c(C)oc2ncn(Cc3nc(-c4cccnc4)no3)c(=O)c12. The third-order valence-corrected chi connectivity index (χ3v) is 4.03. The number of esters is 1. The number of carbonyl (C=O) groups excluding carboxylic acids is 1. The first-order valence-electron chi connectivity index (χ1n) is 8.47. The number of nitrogens with zero attached hydrogens (tertiary/aromatic N) is 5. The molecule has 0 fully saturated rings. The van der Waals surface area contributed by atoms with Crippen LogP contribution in [0.1, 0.15) is 28.9 Å². The molecule has 4 heterocycles. The molecule has 0 atom stereocenters. The number of aryl methyl sites for hydroxylation is 1. The fourth-order valence-corrected chi connectivity index (χ4v) is 2.78. The minimum atomic E-state index is -0.632. The van der Waals surface area contributed by atoms with E-state index in [0.29, 0.717) is 11.4 Å². The van der Waals surface area contributed by atoms with Gasteiger partial charge in [-0.25, -0.2) is 9.78 Å². The van der Waals surface area contributed by atoms with Crippen LogP contribution in [-0.2, 0) is 11.3 Å². The maximum absolute atomic E-state index is 12.9. The van der Waals surface area contributed by atoms with Gasteiger partial charge in [0.1, 0.15) is 29.6 Å². The molecule has 0 N–H and O–H groups in total. The van der Waals surface area contributed by atoms with Crippen molar-refractivity contribution in [2.45, 2.75) is 20.4 Å². The highest BCUT2D eigenvalue weighted by Crippen LogP contribution is 2.22. The van der Waals surface area contributed by atoms with Crippen LogP contribution in [-0.4, -0.2) is 37.3 Å². The summed E-state index contributed by atoms with van der Waals surface area (Å²) < 4.78 is 16.9. The Bertz CT molecular complexity index is 1210. The number of fused-ring (bicyclic) bond motifs is 1. The molecule has 0 aliphatic heterocycles. The Hall–Kier alpha value is -3.82. The molecule has 0 saturated carbocycles. The lowest BCUT2D eigenvalue weighted by Crippen LogP contribution is -2.22. The molecule has 4 rings (SSSR count). The highest BCUT2D eigenvalue weighted by molar-refractivity contribution is 6.03. The van der Waals surface area contributed by atoms with Gasteiger partial charge >= 0.3 is 5.97 Å². The van der Waals surface area contributed by atoms with E-state index in [1.807, 2.05) is 0 Å². The van der Waals surface area contributed by atoms with Crippen molar-refractivity contribution < 1.29 is 18.5 Å². The van der Waals surface area contributed by atoms with Crippen LogP contribution < -0.4 is 5.56 Å². The van der Waals surface area contributed by atoms with Crippen LogP contribution in [0.2, 0.25) is 0 Å². The van der Waals surface area contributed by atoms with Crippen molar-refractivity contribution >= 4 is 17.1 Å². The predicted molar refractivity (Wildman–Crippen MR) is 95.6 cm³/mol. The van der Waals surface area contributed by atoms with Gasteiger partial charge in [-0.3, -0.25) is 14.3 Å². The van der Waals surface area contributed by atoms with Crippen molar-refractivity contribution in [2.75, 3.05) is 6.61 Å². The second kappa shape index (κ2) is 7.06. The Balaban J connectivity index is 1.71. The minimum absolute atomic E-state index is 0.0124. The number of pyridine rings is 1. The van der Waals surface area contributed by atoms with Gasteiger partial charge < -0.3 is 13.7 Å². The normalized spacial score (nSPS) is 11.1. The molecule has 0 radical (unpaired) electrons. The van der Waals surface area contributed by atoms with E-state index >= 15 is 0 Å². The zero-order valence-electron chi connectivity index (χ0n) is 15.1. The summed E-state index contributed by atoms with van der Waals surface area (Å²) in [5, 5.41) is 3.95. The largest absolute Gasteiger partial charge is 0.462 e. The summed E-state index contributed by atoms with van der Waals surface area (Å²) >= 11 is 0. The van der Waals surface area contributed by atoms with Gasteiger partial charge in [-0.2, -0.15) is 4.98 Å². The fraction of sp³-hybridized carbons (Fsp3) is 0.222. The smallest absolute Gasteiger partial charge is 0.342 e. The van der Waals surface area contributed by atoms with Crippen LogP contribution in [0.4, 0.5) is 0 Å². The van der Waals surface area contributed by atoms with Crippen LogP contribution in [0.5, 0.6) is 0 Å². The number of rotatable bonds is 5. The summed E-state index contributed by atoms with van der Waals surface area (Å²) in [5.41, 5.74) is 0.369. The quantitative estimate of drug-likeness (QED) is 0.477. The second-order valence-corrected chi connectivity index (χ2v) is 5.86. The van der Waals surface area contributed by atoms with Crippen LogP contribution >= 0.6 is 0 Å². The molecule has 10 heteroatoms. The number of aromatic nitrogens is 5. The second-order valence-electron chi connectivity index (χ2n) is 5.86. The molecule has 0 aliphatic rings. The van der Waals surface area contributed by atoms with Gasteiger partial charge in [0.05, 0.1) is 6.61 Å². The first-order valence-corrected chi connectivity index (χ1v) is 8.47. The van der Waals surface area contributed by atoms with E-state index in [4.69, 9.17) is 13.7 Å². The maximum Gasteiger partial charge on any atom is 0.342 e. The molecule has 0 amide bonds. The van der Waals surface area contributed by atoms with E-state index < -0.39 is 11.5 Å². The average Bonchev–Trinajstić information content (AvgIpc) is 3.29. The highest BCUT2D eigenvalue weighted by atomic mass is 16.5. The fourth-order valence-electron chi connectivity index (χ4n) is 2.78. The molecule has 142 valence electrons. The van der Waals surface area contributed by atoms with Crippen LogP contribution in [0.3, 0.4) is 0 Å². The number of hydrogen-bond donors (Lipinski definition) is 0. The number of carbonyl (C=O) groups is 1. The Morgan fingerprint density at radius 1 is 1.36 bits per heavy atom. The number of furan rings is 1. The topological polar surface area (TPSA) is 126 Å². The Morgan fingerprint density at radius 3 is 2.96 bits per heavy atom.